The summed E-state index contributed by atoms with van der Waals surface area (Å²) in [5.41, 5.74) is 0.425. The number of esters is 1. The van der Waals surface area contributed by atoms with Crippen LogP contribution in [0.15, 0.2) is 29.3 Å². The molecule has 2 fully saturated rings. The number of ether oxygens (including phenoxy) is 1. The van der Waals surface area contributed by atoms with Crippen molar-refractivity contribution in [3.63, 3.8) is 0 Å². The molecule has 2 saturated carbocycles. The molecule has 38 heavy (non-hydrogen) atoms. The molecule has 4 rings (SSSR count). The molecule has 0 unspecified atom stereocenters. The van der Waals surface area contributed by atoms with Gasteiger partial charge in [0.05, 0.1) is 20.7 Å². The molecule has 2 aliphatic carbocycles. The minimum Gasteiger partial charge on any atom is -0.462 e. The monoisotopic (exact) mass is 561 g/mol. The third-order valence-corrected chi connectivity index (χ3v) is 9.81. The SMILES string of the molecule is CCNS(=O)(=O)c1cc(C(=O)C(=O)NC(C)C)ccc1-c1cnc(C2CCC(C(=O)OC3CCC3)CC2)s1. The number of amides is 1. The molecule has 2 aliphatic rings. The first-order valence-electron chi connectivity index (χ1n) is 13.2. The average Bonchev–Trinajstić information content (AvgIpc) is 3.35. The summed E-state index contributed by atoms with van der Waals surface area (Å²) in [5, 5.41) is 3.44. The van der Waals surface area contributed by atoms with Gasteiger partial charge in [-0.1, -0.05) is 19.1 Å². The highest BCUT2D eigenvalue weighted by Crippen LogP contribution is 2.41. The smallest absolute Gasteiger partial charge is 0.309 e. The van der Waals surface area contributed by atoms with E-state index in [9.17, 15) is 22.8 Å². The van der Waals surface area contributed by atoms with E-state index in [2.05, 4.69) is 15.0 Å². The molecule has 1 amide bonds. The fraction of sp³-hybridized carbons (Fsp3) is 0.556. The summed E-state index contributed by atoms with van der Waals surface area (Å²) < 4.78 is 34.2. The molecule has 0 radical (unpaired) electrons. The average molecular weight is 562 g/mol. The first-order chi connectivity index (χ1) is 18.1. The number of aromatic nitrogens is 1. The lowest BCUT2D eigenvalue weighted by atomic mass is 9.82. The van der Waals surface area contributed by atoms with Crippen LogP contribution in [-0.4, -0.2) is 49.8 Å². The van der Waals surface area contributed by atoms with E-state index >= 15 is 0 Å². The van der Waals surface area contributed by atoms with Gasteiger partial charge in [-0.25, -0.2) is 18.1 Å². The molecular formula is C27H35N3O6S2. The molecule has 0 bridgehead atoms. The summed E-state index contributed by atoms with van der Waals surface area (Å²) in [5.74, 6) is -1.54. The Bertz CT molecular complexity index is 1290. The van der Waals surface area contributed by atoms with E-state index in [0.29, 0.717) is 10.4 Å². The number of thiazole rings is 1. The van der Waals surface area contributed by atoms with Gasteiger partial charge >= 0.3 is 5.97 Å². The maximum Gasteiger partial charge on any atom is 0.309 e. The van der Waals surface area contributed by atoms with E-state index in [4.69, 9.17) is 4.74 Å². The number of nitrogens with one attached hydrogen (secondary N) is 2. The largest absolute Gasteiger partial charge is 0.462 e. The van der Waals surface area contributed by atoms with Crippen LogP contribution in [0.4, 0.5) is 0 Å². The zero-order chi connectivity index (χ0) is 27.4. The summed E-state index contributed by atoms with van der Waals surface area (Å²) in [4.78, 5) is 42.5. The zero-order valence-electron chi connectivity index (χ0n) is 22.0. The summed E-state index contributed by atoms with van der Waals surface area (Å²) in [6.07, 6.45) is 7.95. The number of benzene rings is 1. The minimum atomic E-state index is -3.94. The molecule has 0 aliphatic heterocycles. The standard InChI is InChI=1S/C27H35N3O6S2/c1-4-29-38(34,35)23-14-19(24(31)25(32)30-16(2)3)12-13-21(23)22-15-28-26(37-22)17-8-10-18(11-9-17)27(33)36-20-6-5-7-20/h12-18,20,29H,4-11H2,1-3H3,(H,30,32). The molecule has 11 heteroatoms. The van der Waals surface area contributed by atoms with Gasteiger partial charge < -0.3 is 10.1 Å². The van der Waals surface area contributed by atoms with Crippen LogP contribution in [0.3, 0.4) is 0 Å². The van der Waals surface area contributed by atoms with Crippen molar-refractivity contribution in [2.45, 2.75) is 88.7 Å². The number of hydrogen-bond donors (Lipinski definition) is 2. The Balaban J connectivity index is 1.53. The van der Waals surface area contributed by atoms with Gasteiger partial charge in [-0.05, 0) is 64.9 Å². The molecule has 206 valence electrons. The van der Waals surface area contributed by atoms with Gasteiger partial charge in [-0.15, -0.1) is 11.3 Å². The predicted octanol–water partition coefficient (Wildman–Crippen LogP) is 4.19. The van der Waals surface area contributed by atoms with Crippen LogP contribution >= 0.6 is 11.3 Å². The second kappa shape index (κ2) is 12.0. The fourth-order valence-corrected chi connectivity index (χ4v) is 7.22. The lowest BCUT2D eigenvalue weighted by Gasteiger charge is -2.30. The number of ketones is 1. The van der Waals surface area contributed by atoms with Crippen LogP contribution in [-0.2, 0) is 24.3 Å². The quantitative estimate of drug-likeness (QED) is 0.253. The van der Waals surface area contributed by atoms with Crippen LogP contribution in [0.2, 0.25) is 0 Å². The van der Waals surface area contributed by atoms with Gasteiger partial charge in [0.25, 0.3) is 5.91 Å². The van der Waals surface area contributed by atoms with Crippen molar-refractivity contribution >= 4 is 39.0 Å². The van der Waals surface area contributed by atoms with E-state index in [-0.39, 0.29) is 47.0 Å². The molecule has 0 saturated heterocycles. The van der Waals surface area contributed by atoms with E-state index in [1.807, 2.05) is 0 Å². The van der Waals surface area contributed by atoms with Crippen LogP contribution < -0.4 is 10.0 Å². The molecule has 0 atom stereocenters. The lowest BCUT2D eigenvalue weighted by Crippen LogP contribution is -2.36. The van der Waals surface area contributed by atoms with E-state index in [1.165, 1.54) is 23.5 Å². The van der Waals surface area contributed by atoms with Gasteiger partial charge in [0, 0.05) is 35.8 Å². The molecule has 2 N–H and O–H groups in total. The second-order valence-corrected chi connectivity index (χ2v) is 13.1. The highest BCUT2D eigenvalue weighted by molar-refractivity contribution is 7.89. The maximum absolute atomic E-state index is 13.1. The number of sulfonamides is 1. The van der Waals surface area contributed by atoms with Gasteiger partial charge in [0.15, 0.2) is 0 Å². The van der Waals surface area contributed by atoms with Crippen molar-refractivity contribution in [3.05, 3.63) is 35.0 Å². The molecule has 1 aromatic heterocycles. The Morgan fingerprint density at radius 3 is 2.42 bits per heavy atom. The Labute approximate surface area is 227 Å². The van der Waals surface area contributed by atoms with Crippen molar-refractivity contribution in [3.8, 4) is 10.4 Å². The third kappa shape index (κ3) is 6.50. The van der Waals surface area contributed by atoms with Gasteiger partial charge in [-0.3, -0.25) is 14.4 Å². The molecule has 2 aromatic rings. The van der Waals surface area contributed by atoms with Crippen LogP contribution in [0.5, 0.6) is 0 Å². The first-order valence-corrected chi connectivity index (χ1v) is 15.5. The lowest BCUT2D eigenvalue weighted by molar-refractivity contribution is -0.159. The first kappa shape index (κ1) is 28.4. The Hall–Kier alpha value is -2.63. The summed E-state index contributed by atoms with van der Waals surface area (Å²) in [7, 11) is -3.94. The normalized spacial score (nSPS) is 20.1. The minimum absolute atomic E-state index is 0.000209. The predicted molar refractivity (Wildman–Crippen MR) is 144 cm³/mol. The van der Waals surface area contributed by atoms with Gasteiger partial charge in [0.1, 0.15) is 6.10 Å². The van der Waals surface area contributed by atoms with Crippen LogP contribution in [0.25, 0.3) is 10.4 Å². The van der Waals surface area contributed by atoms with E-state index in [0.717, 1.165) is 50.0 Å². The Morgan fingerprint density at radius 1 is 1.11 bits per heavy atom. The summed E-state index contributed by atoms with van der Waals surface area (Å²) in [6.45, 7) is 5.33. The highest BCUT2D eigenvalue weighted by atomic mass is 32.2. The topological polar surface area (TPSA) is 132 Å². The number of carbonyl (C=O) groups is 3. The van der Waals surface area contributed by atoms with Crippen molar-refractivity contribution in [2.24, 2.45) is 5.92 Å². The number of carbonyl (C=O) groups excluding carboxylic acids is 3. The number of rotatable bonds is 10. The number of nitrogens with zero attached hydrogens (tertiary/aromatic N) is 1. The van der Waals surface area contributed by atoms with Gasteiger partial charge in [0.2, 0.25) is 15.8 Å². The molecular weight excluding hydrogens is 526 g/mol. The molecule has 1 aromatic carbocycles. The van der Waals surface area contributed by atoms with Crippen molar-refractivity contribution < 1.29 is 27.5 Å². The summed E-state index contributed by atoms with van der Waals surface area (Å²) >= 11 is 1.42. The highest BCUT2D eigenvalue weighted by Gasteiger charge is 2.32. The fourth-order valence-electron chi connectivity index (χ4n) is 4.74. The Kier molecular flexibility index (Phi) is 9.00. The zero-order valence-corrected chi connectivity index (χ0v) is 23.6. The van der Waals surface area contributed by atoms with E-state index in [1.54, 1.807) is 33.0 Å². The van der Waals surface area contributed by atoms with E-state index < -0.39 is 21.7 Å². The third-order valence-electron chi connectivity index (χ3n) is 7.03. The van der Waals surface area contributed by atoms with Crippen LogP contribution in [0.1, 0.15) is 87.0 Å². The number of Topliss-reactive ketones (excluding diaryl/α,β-unsaturated/α-hetero) is 1. The molecule has 9 nitrogen and oxygen atoms in total. The second-order valence-electron chi connectivity index (χ2n) is 10.3. The van der Waals surface area contributed by atoms with Crippen molar-refractivity contribution in [1.29, 1.82) is 0 Å². The molecule has 1 heterocycles. The summed E-state index contributed by atoms with van der Waals surface area (Å²) in [6, 6.07) is 4.06. The van der Waals surface area contributed by atoms with Crippen molar-refractivity contribution in [1.82, 2.24) is 15.0 Å². The maximum atomic E-state index is 13.1. The Morgan fingerprint density at radius 2 is 1.82 bits per heavy atom. The number of hydrogen-bond acceptors (Lipinski definition) is 8. The molecule has 0 spiro atoms. The van der Waals surface area contributed by atoms with Crippen molar-refractivity contribution in [2.75, 3.05) is 6.54 Å². The van der Waals surface area contributed by atoms with Gasteiger partial charge in [-0.2, -0.15) is 0 Å². The van der Waals surface area contributed by atoms with Crippen LogP contribution in [0, 0.1) is 5.92 Å².